The highest BCUT2D eigenvalue weighted by atomic mass is 32.2. The SMILES string of the molecule is [O-]C(=NSCc1ccccc1)C1=CCC(C(F)(F)F)(C(F)(F)F)C=C1. The van der Waals surface area contributed by atoms with E-state index in [1.807, 2.05) is 6.07 Å². The van der Waals surface area contributed by atoms with E-state index in [2.05, 4.69) is 4.40 Å². The van der Waals surface area contributed by atoms with Crippen LogP contribution in [0.5, 0.6) is 0 Å². The highest BCUT2D eigenvalue weighted by Gasteiger charge is 2.68. The molecule has 1 aromatic carbocycles. The third-order valence-electron chi connectivity index (χ3n) is 3.67. The molecule has 0 spiro atoms. The summed E-state index contributed by atoms with van der Waals surface area (Å²) in [5.41, 5.74) is -3.38. The highest BCUT2D eigenvalue weighted by Crippen LogP contribution is 2.55. The molecular weight excluding hydrogens is 368 g/mol. The molecular formula is C16H12F6NOS-. The average Bonchev–Trinajstić information content (AvgIpc) is 2.54. The first-order valence-electron chi connectivity index (χ1n) is 7.01. The number of allylic oxidation sites excluding steroid dienone is 2. The van der Waals surface area contributed by atoms with Crippen LogP contribution in [0.1, 0.15) is 12.0 Å². The molecule has 25 heavy (non-hydrogen) atoms. The first-order chi connectivity index (χ1) is 11.6. The van der Waals surface area contributed by atoms with Gasteiger partial charge in [0, 0.05) is 11.7 Å². The molecule has 9 heteroatoms. The van der Waals surface area contributed by atoms with Crippen LogP contribution >= 0.6 is 11.9 Å². The Morgan fingerprint density at radius 2 is 1.68 bits per heavy atom. The molecule has 1 aliphatic carbocycles. The second kappa shape index (κ2) is 7.15. The second-order valence-electron chi connectivity index (χ2n) is 5.32. The van der Waals surface area contributed by atoms with E-state index in [4.69, 9.17) is 0 Å². The molecule has 136 valence electrons. The van der Waals surface area contributed by atoms with Crippen molar-refractivity contribution < 1.29 is 31.4 Å². The summed E-state index contributed by atoms with van der Waals surface area (Å²) in [5, 5.41) is 11.8. The number of rotatable bonds is 4. The lowest BCUT2D eigenvalue weighted by Gasteiger charge is -2.36. The molecule has 0 fully saturated rings. The van der Waals surface area contributed by atoms with Crippen molar-refractivity contribution in [2.75, 3.05) is 0 Å². The quantitative estimate of drug-likeness (QED) is 0.331. The maximum Gasteiger partial charge on any atom is 0.406 e. The van der Waals surface area contributed by atoms with Gasteiger partial charge in [-0.3, -0.25) is 0 Å². The van der Waals surface area contributed by atoms with Gasteiger partial charge in [-0.25, -0.2) is 4.40 Å². The molecule has 1 aromatic rings. The van der Waals surface area contributed by atoms with E-state index in [1.165, 1.54) is 0 Å². The third-order valence-corrected chi connectivity index (χ3v) is 4.43. The van der Waals surface area contributed by atoms with Crippen LogP contribution in [0.3, 0.4) is 0 Å². The standard InChI is InChI=1S/C16H13F6NOS/c17-15(18,19)14(16(20,21)22)8-6-12(7-9-14)13(24)23-25-10-11-4-2-1-3-5-11/h1-8H,9-10H2,(H,23,24)/p-1. The average molecular weight is 380 g/mol. The van der Waals surface area contributed by atoms with Crippen molar-refractivity contribution in [2.45, 2.75) is 24.5 Å². The van der Waals surface area contributed by atoms with E-state index in [0.29, 0.717) is 17.9 Å². The fraction of sp³-hybridized carbons (Fsp3) is 0.312. The summed E-state index contributed by atoms with van der Waals surface area (Å²) in [6, 6.07) is 8.99. The van der Waals surface area contributed by atoms with Gasteiger partial charge in [0.25, 0.3) is 0 Å². The fourth-order valence-corrected chi connectivity index (χ4v) is 2.80. The summed E-state index contributed by atoms with van der Waals surface area (Å²) < 4.78 is 81.0. The van der Waals surface area contributed by atoms with Crippen molar-refractivity contribution >= 4 is 17.8 Å². The van der Waals surface area contributed by atoms with E-state index < -0.39 is 30.1 Å². The molecule has 0 aromatic heterocycles. The lowest BCUT2D eigenvalue weighted by atomic mass is 9.78. The molecule has 0 heterocycles. The number of alkyl halides is 6. The zero-order valence-electron chi connectivity index (χ0n) is 12.6. The first kappa shape index (κ1) is 19.4. The van der Waals surface area contributed by atoms with Crippen LogP contribution in [0.4, 0.5) is 26.3 Å². The normalized spacial score (nSPS) is 18.2. The molecule has 0 radical (unpaired) electrons. The Labute approximate surface area is 144 Å². The van der Waals surface area contributed by atoms with Crippen LogP contribution < -0.4 is 5.11 Å². The van der Waals surface area contributed by atoms with Gasteiger partial charge in [-0.1, -0.05) is 48.6 Å². The van der Waals surface area contributed by atoms with E-state index in [-0.39, 0.29) is 11.6 Å². The molecule has 0 N–H and O–H groups in total. The summed E-state index contributed by atoms with van der Waals surface area (Å²) in [5.74, 6) is -0.506. The summed E-state index contributed by atoms with van der Waals surface area (Å²) in [4.78, 5) is 0. The number of halogens is 6. The predicted molar refractivity (Wildman–Crippen MR) is 81.6 cm³/mol. The summed E-state index contributed by atoms with van der Waals surface area (Å²) in [7, 11) is 0. The zero-order valence-corrected chi connectivity index (χ0v) is 13.4. The van der Waals surface area contributed by atoms with E-state index in [9.17, 15) is 31.4 Å². The van der Waals surface area contributed by atoms with Crippen LogP contribution in [-0.2, 0) is 5.75 Å². The minimum Gasteiger partial charge on any atom is -0.858 e. The highest BCUT2D eigenvalue weighted by molar-refractivity contribution is 7.97. The molecule has 2 rings (SSSR count). The van der Waals surface area contributed by atoms with E-state index in [1.54, 1.807) is 24.3 Å². The molecule has 1 aliphatic rings. The maximum atomic E-state index is 12.9. The van der Waals surface area contributed by atoms with Gasteiger partial charge in [0.05, 0.1) is 0 Å². The molecule has 2 nitrogen and oxygen atoms in total. The van der Waals surface area contributed by atoms with Crippen molar-refractivity contribution in [1.82, 2.24) is 0 Å². The second-order valence-corrected chi connectivity index (χ2v) is 6.05. The molecule has 0 saturated heterocycles. The monoisotopic (exact) mass is 380 g/mol. The van der Waals surface area contributed by atoms with Crippen LogP contribution in [0, 0.1) is 5.41 Å². The summed E-state index contributed by atoms with van der Waals surface area (Å²) in [6.07, 6.45) is -11.2. The van der Waals surface area contributed by atoms with E-state index >= 15 is 0 Å². The predicted octanol–water partition coefficient (Wildman–Crippen LogP) is 4.59. The Hall–Kier alpha value is -1.90. The van der Waals surface area contributed by atoms with Crippen molar-refractivity contribution in [1.29, 1.82) is 0 Å². The Balaban J connectivity index is 2.09. The van der Waals surface area contributed by atoms with E-state index in [0.717, 1.165) is 17.5 Å². The fourth-order valence-electron chi connectivity index (χ4n) is 2.17. The topological polar surface area (TPSA) is 35.4 Å². The number of benzene rings is 1. The Kier molecular flexibility index (Phi) is 5.55. The molecule has 0 bridgehead atoms. The van der Waals surface area contributed by atoms with Gasteiger partial charge in [-0.15, -0.1) is 0 Å². The number of hydrogen-bond acceptors (Lipinski definition) is 3. The molecule has 0 unspecified atom stereocenters. The van der Waals surface area contributed by atoms with Crippen LogP contribution in [-0.4, -0.2) is 18.3 Å². The first-order valence-corrected chi connectivity index (χ1v) is 7.95. The molecule has 0 aliphatic heterocycles. The molecule has 0 saturated carbocycles. The van der Waals surface area contributed by atoms with Gasteiger partial charge in [0.15, 0.2) is 5.41 Å². The van der Waals surface area contributed by atoms with Gasteiger partial charge in [0.1, 0.15) is 0 Å². The summed E-state index contributed by atoms with van der Waals surface area (Å²) >= 11 is 0.875. The smallest absolute Gasteiger partial charge is 0.406 e. The zero-order chi connectivity index (χ0) is 18.7. The minimum absolute atomic E-state index is 0.00237. The molecule has 0 atom stereocenters. The van der Waals surface area contributed by atoms with Crippen molar-refractivity contribution in [3.8, 4) is 0 Å². The van der Waals surface area contributed by atoms with Gasteiger partial charge in [-0.05, 0) is 29.5 Å². The van der Waals surface area contributed by atoms with Crippen LogP contribution in [0.25, 0.3) is 0 Å². The third kappa shape index (κ3) is 4.20. The minimum atomic E-state index is -5.51. The Bertz CT molecular complexity index is 677. The largest absolute Gasteiger partial charge is 0.858 e. The lowest BCUT2D eigenvalue weighted by Crippen LogP contribution is -2.49. The molecule has 0 amide bonds. The van der Waals surface area contributed by atoms with Crippen molar-refractivity contribution in [3.63, 3.8) is 0 Å². The van der Waals surface area contributed by atoms with Crippen molar-refractivity contribution in [2.24, 2.45) is 9.81 Å². The lowest BCUT2D eigenvalue weighted by molar-refractivity contribution is -0.320. The van der Waals surface area contributed by atoms with Crippen LogP contribution in [0.15, 0.2) is 58.5 Å². The Morgan fingerprint density at radius 3 is 2.16 bits per heavy atom. The van der Waals surface area contributed by atoms with Gasteiger partial charge < -0.3 is 5.11 Å². The number of hydrogen-bond donors (Lipinski definition) is 0. The summed E-state index contributed by atoms with van der Waals surface area (Å²) in [6.45, 7) is 0. The van der Waals surface area contributed by atoms with Crippen LogP contribution in [0.2, 0.25) is 0 Å². The maximum absolute atomic E-state index is 12.9. The van der Waals surface area contributed by atoms with Gasteiger partial charge >= 0.3 is 12.4 Å². The van der Waals surface area contributed by atoms with Gasteiger partial charge in [0.2, 0.25) is 0 Å². The van der Waals surface area contributed by atoms with Crippen molar-refractivity contribution in [3.05, 3.63) is 59.7 Å². The van der Waals surface area contributed by atoms with Gasteiger partial charge in [-0.2, -0.15) is 26.3 Å². The Morgan fingerprint density at radius 1 is 1.08 bits per heavy atom. The number of nitrogens with zero attached hydrogens (tertiary/aromatic N) is 1.